The fraction of sp³-hybridized carbons (Fsp3) is 0.789. The third kappa shape index (κ3) is 8.66. The second-order valence-corrected chi connectivity index (χ2v) is 8.07. The van der Waals surface area contributed by atoms with Gasteiger partial charge < -0.3 is 9.47 Å². The summed E-state index contributed by atoms with van der Waals surface area (Å²) in [4.78, 5) is 25.3. The highest BCUT2D eigenvalue weighted by Gasteiger charge is 2.44. The minimum absolute atomic E-state index is 0.259. The molecule has 0 rings (SSSR count). The molecule has 0 aliphatic heterocycles. The summed E-state index contributed by atoms with van der Waals surface area (Å²) in [7, 11) is 0. The molecule has 0 N–H and O–H groups in total. The van der Waals surface area contributed by atoms with Gasteiger partial charge in [-0.2, -0.15) is 0 Å². The monoisotopic (exact) mass is 373 g/mol. The van der Waals surface area contributed by atoms with E-state index < -0.39 is 23.2 Å². The third-order valence-electron chi connectivity index (χ3n) is 3.38. The largest absolute Gasteiger partial charge is 0.464 e. The Morgan fingerprint density at radius 3 is 2.20 bits per heavy atom. The van der Waals surface area contributed by atoms with Crippen LogP contribution in [0.5, 0.6) is 0 Å². The summed E-state index contributed by atoms with van der Waals surface area (Å²) < 4.78 is 12.2. The fourth-order valence-electron chi connectivity index (χ4n) is 2.18. The SMILES string of the molecule is C/C=C/[C@](C)(C(=O)OCC)N(SCCCCCC)C(=O)OC(C)(C)C. The van der Waals surface area contributed by atoms with Crippen molar-refractivity contribution in [2.75, 3.05) is 12.4 Å². The van der Waals surface area contributed by atoms with Crippen LogP contribution in [0.1, 0.15) is 74.1 Å². The van der Waals surface area contributed by atoms with E-state index in [-0.39, 0.29) is 6.61 Å². The molecule has 25 heavy (non-hydrogen) atoms. The van der Waals surface area contributed by atoms with Crippen molar-refractivity contribution in [3.63, 3.8) is 0 Å². The van der Waals surface area contributed by atoms with Gasteiger partial charge in [0.2, 0.25) is 0 Å². The summed E-state index contributed by atoms with van der Waals surface area (Å²) in [6, 6.07) is 0. The molecule has 1 amide bonds. The highest BCUT2D eigenvalue weighted by molar-refractivity contribution is 7.97. The Hall–Kier alpha value is -1.17. The number of ether oxygens (including phenoxy) is 2. The molecule has 0 aromatic rings. The van der Waals surface area contributed by atoms with Crippen molar-refractivity contribution < 1.29 is 19.1 Å². The molecule has 146 valence electrons. The molecule has 0 aliphatic rings. The van der Waals surface area contributed by atoms with E-state index >= 15 is 0 Å². The molecule has 0 spiro atoms. The van der Waals surface area contributed by atoms with Gasteiger partial charge in [0.25, 0.3) is 0 Å². The average Bonchev–Trinajstić information content (AvgIpc) is 2.49. The topological polar surface area (TPSA) is 55.8 Å². The van der Waals surface area contributed by atoms with Crippen molar-refractivity contribution in [3.8, 4) is 0 Å². The first-order chi connectivity index (χ1) is 11.6. The van der Waals surface area contributed by atoms with E-state index in [0.717, 1.165) is 31.4 Å². The predicted octanol–water partition coefficient (Wildman–Crippen LogP) is 5.35. The summed E-state index contributed by atoms with van der Waals surface area (Å²) in [6.07, 6.45) is 7.32. The van der Waals surface area contributed by atoms with E-state index in [2.05, 4.69) is 6.92 Å². The van der Waals surface area contributed by atoms with Crippen molar-refractivity contribution >= 4 is 24.0 Å². The molecule has 0 unspecified atom stereocenters. The molecular weight excluding hydrogens is 338 g/mol. The number of carbonyl (C=O) groups is 2. The maximum Gasteiger partial charge on any atom is 0.421 e. The number of allylic oxidation sites excluding steroid dienone is 1. The van der Waals surface area contributed by atoms with Crippen molar-refractivity contribution in [1.82, 2.24) is 4.31 Å². The van der Waals surface area contributed by atoms with Crippen LogP contribution in [0.3, 0.4) is 0 Å². The van der Waals surface area contributed by atoms with Gasteiger partial charge in [-0.25, -0.2) is 13.9 Å². The number of rotatable bonds is 10. The van der Waals surface area contributed by atoms with Gasteiger partial charge in [0, 0.05) is 5.75 Å². The molecule has 0 saturated carbocycles. The second kappa shape index (κ2) is 11.4. The first-order valence-electron chi connectivity index (χ1n) is 9.09. The van der Waals surface area contributed by atoms with E-state index in [1.807, 2.05) is 27.7 Å². The van der Waals surface area contributed by atoms with Crippen LogP contribution in [-0.2, 0) is 14.3 Å². The van der Waals surface area contributed by atoms with Gasteiger partial charge >= 0.3 is 12.1 Å². The van der Waals surface area contributed by atoms with Gasteiger partial charge in [0.1, 0.15) is 5.60 Å². The number of amides is 1. The standard InChI is InChI=1S/C19H35NO4S/c1-8-11-12-13-15-25-20(17(22)24-18(4,5)6)19(7,14-9-2)16(21)23-10-3/h9,14H,8,10-13,15H2,1-7H3/b14-9+/t19-/m1/s1. The van der Waals surface area contributed by atoms with Crippen molar-refractivity contribution in [1.29, 1.82) is 0 Å². The van der Waals surface area contributed by atoms with E-state index in [9.17, 15) is 9.59 Å². The molecule has 5 nitrogen and oxygen atoms in total. The Balaban J connectivity index is 5.41. The number of nitrogens with zero attached hydrogens (tertiary/aromatic N) is 1. The lowest BCUT2D eigenvalue weighted by Gasteiger charge is -2.36. The van der Waals surface area contributed by atoms with E-state index in [1.54, 1.807) is 26.0 Å². The first-order valence-corrected chi connectivity index (χ1v) is 10.0. The van der Waals surface area contributed by atoms with Gasteiger partial charge in [-0.1, -0.05) is 38.3 Å². The highest BCUT2D eigenvalue weighted by Crippen LogP contribution is 2.30. The molecule has 0 aromatic heterocycles. The first kappa shape index (κ1) is 23.8. The molecule has 0 saturated heterocycles. The normalized spacial score (nSPS) is 14.2. The van der Waals surface area contributed by atoms with Crippen LogP contribution < -0.4 is 0 Å². The summed E-state index contributed by atoms with van der Waals surface area (Å²) in [5.41, 5.74) is -1.84. The highest BCUT2D eigenvalue weighted by atomic mass is 32.2. The van der Waals surface area contributed by atoms with E-state index in [1.165, 1.54) is 16.3 Å². The van der Waals surface area contributed by atoms with Gasteiger partial charge in [-0.05, 0) is 59.9 Å². The van der Waals surface area contributed by atoms with Crippen LogP contribution in [0.4, 0.5) is 4.79 Å². The van der Waals surface area contributed by atoms with Crippen LogP contribution in [-0.4, -0.2) is 39.9 Å². The predicted molar refractivity (Wildman–Crippen MR) is 105 cm³/mol. The third-order valence-corrected chi connectivity index (χ3v) is 4.64. The summed E-state index contributed by atoms with van der Waals surface area (Å²) in [5, 5.41) is 0. The number of unbranched alkanes of at least 4 members (excludes halogenated alkanes) is 3. The van der Waals surface area contributed by atoms with Gasteiger partial charge in [0.05, 0.1) is 6.61 Å². The van der Waals surface area contributed by atoms with Crippen LogP contribution >= 0.6 is 11.9 Å². The minimum Gasteiger partial charge on any atom is -0.464 e. The number of hydrogen-bond acceptors (Lipinski definition) is 5. The zero-order valence-corrected chi connectivity index (χ0v) is 17.7. The molecule has 0 aromatic carbocycles. The van der Waals surface area contributed by atoms with Gasteiger partial charge in [-0.15, -0.1) is 0 Å². The van der Waals surface area contributed by atoms with E-state index in [4.69, 9.17) is 9.47 Å². The summed E-state index contributed by atoms with van der Waals surface area (Å²) in [6.45, 7) is 13.1. The van der Waals surface area contributed by atoms with Crippen molar-refractivity contribution in [3.05, 3.63) is 12.2 Å². The lowest BCUT2D eigenvalue weighted by molar-refractivity contribution is -0.150. The molecular formula is C19H35NO4S. The Labute approximate surface area is 157 Å². The zero-order chi connectivity index (χ0) is 19.5. The van der Waals surface area contributed by atoms with Gasteiger partial charge in [0.15, 0.2) is 5.54 Å². The molecule has 0 bridgehead atoms. The maximum atomic E-state index is 12.8. The molecule has 0 heterocycles. The average molecular weight is 374 g/mol. The molecule has 0 aliphatic carbocycles. The number of esters is 1. The van der Waals surface area contributed by atoms with E-state index in [0.29, 0.717) is 0 Å². The Morgan fingerprint density at radius 2 is 1.72 bits per heavy atom. The molecule has 1 atom stereocenters. The smallest absolute Gasteiger partial charge is 0.421 e. The quantitative estimate of drug-likeness (QED) is 0.224. The van der Waals surface area contributed by atoms with Crippen LogP contribution in [0.25, 0.3) is 0 Å². The summed E-state index contributed by atoms with van der Waals surface area (Å²) >= 11 is 1.33. The van der Waals surface area contributed by atoms with Crippen LogP contribution in [0.2, 0.25) is 0 Å². The minimum atomic E-state index is -1.21. The Morgan fingerprint density at radius 1 is 1.08 bits per heavy atom. The summed E-state index contributed by atoms with van der Waals surface area (Å²) in [5.74, 6) is 0.284. The van der Waals surface area contributed by atoms with Crippen LogP contribution in [0, 0.1) is 0 Å². The Bertz CT molecular complexity index is 445. The van der Waals surface area contributed by atoms with Crippen LogP contribution in [0.15, 0.2) is 12.2 Å². The number of carbonyl (C=O) groups excluding carboxylic acids is 2. The lowest BCUT2D eigenvalue weighted by Crippen LogP contribution is -2.52. The fourth-order valence-corrected chi connectivity index (χ4v) is 3.25. The molecule has 6 heteroatoms. The maximum absolute atomic E-state index is 12.8. The van der Waals surface area contributed by atoms with Gasteiger partial charge in [-0.3, -0.25) is 0 Å². The zero-order valence-electron chi connectivity index (χ0n) is 16.9. The van der Waals surface area contributed by atoms with Crippen molar-refractivity contribution in [2.24, 2.45) is 0 Å². The molecule has 0 fully saturated rings. The second-order valence-electron chi connectivity index (χ2n) is 7.04. The molecule has 0 radical (unpaired) electrons. The number of hydrogen-bond donors (Lipinski definition) is 0. The Kier molecular flexibility index (Phi) is 10.9. The lowest BCUT2D eigenvalue weighted by atomic mass is 10.0. The van der Waals surface area contributed by atoms with Crippen molar-refractivity contribution in [2.45, 2.75) is 85.3 Å².